The number of piperidine rings is 1. The molecule has 0 aliphatic carbocycles. The molecule has 0 radical (unpaired) electrons. The zero-order valence-electron chi connectivity index (χ0n) is 11.8. The average Bonchev–Trinajstić information content (AvgIpc) is 2.93. The summed E-state index contributed by atoms with van der Waals surface area (Å²) in [6.45, 7) is 5.90. The van der Waals surface area contributed by atoms with Crippen molar-refractivity contribution in [3.8, 4) is 0 Å². The molecule has 1 aromatic rings. The van der Waals surface area contributed by atoms with Gasteiger partial charge in [-0.1, -0.05) is 13.3 Å². The van der Waals surface area contributed by atoms with Gasteiger partial charge in [0.2, 0.25) is 0 Å². The zero-order valence-corrected chi connectivity index (χ0v) is 11.8. The number of nitrogens with zero attached hydrogens (tertiary/aromatic N) is 1. The molecule has 1 saturated heterocycles. The van der Waals surface area contributed by atoms with E-state index in [1.54, 1.807) is 12.5 Å². The Morgan fingerprint density at radius 3 is 2.68 bits per heavy atom. The molecule has 2 heterocycles. The van der Waals surface area contributed by atoms with Crippen molar-refractivity contribution in [3.05, 3.63) is 24.2 Å². The van der Waals surface area contributed by atoms with Crippen LogP contribution in [0.2, 0.25) is 0 Å². The Morgan fingerprint density at radius 1 is 1.53 bits per heavy atom. The SMILES string of the molecule is CCCC1(C(=O)O)CCN(C(C)c2ccoc2)CC1. The van der Waals surface area contributed by atoms with E-state index in [2.05, 4.69) is 18.7 Å². The summed E-state index contributed by atoms with van der Waals surface area (Å²) in [5.41, 5.74) is 0.666. The zero-order chi connectivity index (χ0) is 13.9. The van der Waals surface area contributed by atoms with Gasteiger partial charge in [0.15, 0.2) is 0 Å². The second-order valence-electron chi connectivity index (χ2n) is 5.60. The van der Waals surface area contributed by atoms with Crippen LogP contribution < -0.4 is 0 Å². The molecule has 0 saturated carbocycles. The van der Waals surface area contributed by atoms with E-state index < -0.39 is 11.4 Å². The number of rotatable bonds is 5. The van der Waals surface area contributed by atoms with E-state index in [4.69, 9.17) is 4.42 Å². The normalized spacial score (nSPS) is 21.2. The third-order valence-electron chi connectivity index (χ3n) is 4.51. The van der Waals surface area contributed by atoms with E-state index in [0.717, 1.165) is 38.8 Å². The van der Waals surface area contributed by atoms with Gasteiger partial charge in [-0.05, 0) is 45.3 Å². The Balaban J connectivity index is 2.00. The van der Waals surface area contributed by atoms with Crippen molar-refractivity contribution in [3.63, 3.8) is 0 Å². The van der Waals surface area contributed by atoms with Crippen molar-refractivity contribution in [2.24, 2.45) is 5.41 Å². The van der Waals surface area contributed by atoms with Crippen molar-refractivity contribution in [1.29, 1.82) is 0 Å². The number of aliphatic carboxylic acids is 1. The lowest BCUT2D eigenvalue weighted by molar-refractivity contribution is -0.153. The molecular weight excluding hydrogens is 242 g/mol. The fourth-order valence-corrected chi connectivity index (χ4v) is 3.11. The Bertz CT molecular complexity index is 405. The van der Waals surface area contributed by atoms with Crippen LogP contribution in [-0.4, -0.2) is 29.1 Å². The predicted octanol–water partition coefficient (Wildman–Crippen LogP) is 3.31. The molecule has 4 nitrogen and oxygen atoms in total. The van der Waals surface area contributed by atoms with Gasteiger partial charge in [0.1, 0.15) is 0 Å². The van der Waals surface area contributed by atoms with Crippen molar-refractivity contribution < 1.29 is 14.3 Å². The van der Waals surface area contributed by atoms with Gasteiger partial charge in [0, 0.05) is 11.6 Å². The smallest absolute Gasteiger partial charge is 0.309 e. The molecule has 4 heteroatoms. The molecular formula is C15H23NO3. The molecule has 106 valence electrons. The van der Waals surface area contributed by atoms with E-state index in [-0.39, 0.29) is 0 Å². The lowest BCUT2D eigenvalue weighted by Crippen LogP contribution is -2.45. The quantitative estimate of drug-likeness (QED) is 0.887. The first kappa shape index (κ1) is 14.1. The molecule has 2 rings (SSSR count). The van der Waals surface area contributed by atoms with Crippen LogP contribution in [0, 0.1) is 5.41 Å². The van der Waals surface area contributed by atoms with Gasteiger partial charge >= 0.3 is 5.97 Å². The number of furan rings is 1. The summed E-state index contributed by atoms with van der Waals surface area (Å²) in [6, 6.07) is 2.28. The van der Waals surface area contributed by atoms with Gasteiger partial charge in [-0.3, -0.25) is 9.69 Å². The highest BCUT2D eigenvalue weighted by molar-refractivity contribution is 5.74. The molecule has 0 bridgehead atoms. The van der Waals surface area contributed by atoms with Crippen molar-refractivity contribution in [2.45, 2.75) is 45.6 Å². The first-order chi connectivity index (χ1) is 9.09. The maximum absolute atomic E-state index is 11.5. The second kappa shape index (κ2) is 5.78. The Labute approximate surface area is 114 Å². The van der Waals surface area contributed by atoms with Crippen LogP contribution in [0.1, 0.15) is 51.1 Å². The van der Waals surface area contributed by atoms with Crippen LogP contribution in [0.3, 0.4) is 0 Å². The summed E-state index contributed by atoms with van der Waals surface area (Å²) >= 11 is 0. The molecule has 0 aromatic carbocycles. The molecule has 1 fully saturated rings. The number of hydrogen-bond acceptors (Lipinski definition) is 3. The lowest BCUT2D eigenvalue weighted by atomic mass is 9.74. The van der Waals surface area contributed by atoms with Gasteiger partial charge in [-0.2, -0.15) is 0 Å². The highest BCUT2D eigenvalue weighted by atomic mass is 16.4. The number of carboxylic acids is 1. The first-order valence-electron chi connectivity index (χ1n) is 7.08. The Hall–Kier alpha value is -1.29. The van der Waals surface area contributed by atoms with Crippen molar-refractivity contribution >= 4 is 5.97 Å². The minimum absolute atomic E-state index is 0.298. The van der Waals surface area contributed by atoms with Crippen LogP contribution in [0.4, 0.5) is 0 Å². The molecule has 0 amide bonds. The molecule has 1 aliphatic heterocycles. The topological polar surface area (TPSA) is 53.7 Å². The largest absolute Gasteiger partial charge is 0.481 e. The lowest BCUT2D eigenvalue weighted by Gasteiger charge is -2.41. The van der Waals surface area contributed by atoms with Crippen LogP contribution >= 0.6 is 0 Å². The van der Waals surface area contributed by atoms with Gasteiger partial charge in [0.25, 0.3) is 0 Å². The molecule has 1 aliphatic rings. The van der Waals surface area contributed by atoms with Gasteiger partial charge in [0.05, 0.1) is 17.9 Å². The van der Waals surface area contributed by atoms with E-state index in [1.165, 1.54) is 5.56 Å². The highest BCUT2D eigenvalue weighted by Gasteiger charge is 2.41. The maximum atomic E-state index is 11.5. The van der Waals surface area contributed by atoms with Gasteiger partial charge in [-0.25, -0.2) is 0 Å². The third-order valence-corrected chi connectivity index (χ3v) is 4.51. The summed E-state index contributed by atoms with van der Waals surface area (Å²) < 4.78 is 5.12. The number of carbonyl (C=O) groups is 1. The maximum Gasteiger partial charge on any atom is 0.309 e. The molecule has 1 aromatic heterocycles. The van der Waals surface area contributed by atoms with Crippen LogP contribution in [0.15, 0.2) is 23.0 Å². The standard InChI is InChI=1S/C15H23NO3/c1-3-5-15(14(17)18)6-8-16(9-7-15)12(2)13-4-10-19-11-13/h4,10-12H,3,5-9H2,1-2H3,(H,17,18). The molecule has 1 unspecified atom stereocenters. The fraction of sp³-hybridized carbons (Fsp3) is 0.667. The summed E-state index contributed by atoms with van der Waals surface area (Å²) in [4.78, 5) is 13.9. The van der Waals surface area contributed by atoms with Gasteiger partial charge in [-0.15, -0.1) is 0 Å². The Kier molecular flexibility index (Phi) is 4.30. The highest BCUT2D eigenvalue weighted by Crippen LogP contribution is 2.38. The van der Waals surface area contributed by atoms with E-state index in [1.807, 2.05) is 6.07 Å². The minimum atomic E-state index is -0.620. The predicted molar refractivity (Wildman–Crippen MR) is 72.9 cm³/mol. The van der Waals surface area contributed by atoms with Crippen LogP contribution in [-0.2, 0) is 4.79 Å². The number of hydrogen-bond donors (Lipinski definition) is 1. The first-order valence-corrected chi connectivity index (χ1v) is 7.08. The summed E-state index contributed by atoms with van der Waals surface area (Å²) in [7, 11) is 0. The van der Waals surface area contributed by atoms with Crippen LogP contribution in [0.5, 0.6) is 0 Å². The summed E-state index contributed by atoms with van der Waals surface area (Å²) in [5, 5.41) is 9.50. The minimum Gasteiger partial charge on any atom is -0.481 e. The van der Waals surface area contributed by atoms with Gasteiger partial charge < -0.3 is 9.52 Å². The third kappa shape index (κ3) is 2.84. The van der Waals surface area contributed by atoms with E-state index in [0.29, 0.717) is 6.04 Å². The monoisotopic (exact) mass is 265 g/mol. The van der Waals surface area contributed by atoms with Crippen LogP contribution in [0.25, 0.3) is 0 Å². The Morgan fingerprint density at radius 2 is 2.21 bits per heavy atom. The molecule has 0 spiro atoms. The van der Waals surface area contributed by atoms with E-state index in [9.17, 15) is 9.90 Å². The molecule has 1 N–H and O–H groups in total. The average molecular weight is 265 g/mol. The summed E-state index contributed by atoms with van der Waals surface area (Å²) in [5.74, 6) is -0.620. The molecule has 1 atom stereocenters. The second-order valence-corrected chi connectivity index (χ2v) is 5.60. The van der Waals surface area contributed by atoms with E-state index >= 15 is 0 Å². The number of carboxylic acid groups (broad SMARTS) is 1. The number of likely N-dealkylation sites (tertiary alicyclic amines) is 1. The fourth-order valence-electron chi connectivity index (χ4n) is 3.11. The van der Waals surface area contributed by atoms with Crippen molar-refractivity contribution in [1.82, 2.24) is 4.90 Å². The summed E-state index contributed by atoms with van der Waals surface area (Å²) in [6.07, 6.45) is 6.68. The molecule has 19 heavy (non-hydrogen) atoms. The van der Waals surface area contributed by atoms with Crippen molar-refractivity contribution in [2.75, 3.05) is 13.1 Å².